The summed E-state index contributed by atoms with van der Waals surface area (Å²) in [5.41, 5.74) is 2.26. The Morgan fingerprint density at radius 3 is 2.62 bits per heavy atom. The molecular weight excluding hydrogens is 218 g/mol. The zero-order chi connectivity index (χ0) is 11.9. The van der Waals surface area contributed by atoms with Crippen molar-refractivity contribution in [2.24, 2.45) is 0 Å². The number of amides is 1. The van der Waals surface area contributed by atoms with Gasteiger partial charge in [-0.3, -0.25) is 4.79 Å². The molecule has 0 saturated heterocycles. The number of anilines is 1. The quantitative estimate of drug-likeness (QED) is 0.746. The summed E-state index contributed by atoms with van der Waals surface area (Å²) < 4.78 is 0. The third-order valence-electron chi connectivity index (χ3n) is 2.76. The zero-order valence-corrected chi connectivity index (χ0v) is 10.9. The van der Waals surface area contributed by atoms with Gasteiger partial charge >= 0.3 is 0 Å². The molecule has 0 aliphatic carbocycles. The first kappa shape index (κ1) is 11.5. The highest BCUT2D eigenvalue weighted by Gasteiger charge is 2.28. The van der Waals surface area contributed by atoms with E-state index in [1.54, 1.807) is 11.8 Å². The van der Waals surface area contributed by atoms with Crippen molar-refractivity contribution in [3.05, 3.63) is 23.8 Å². The van der Waals surface area contributed by atoms with Crippen LogP contribution in [0.2, 0.25) is 0 Å². The highest BCUT2D eigenvalue weighted by atomic mass is 32.2. The first-order valence-corrected chi connectivity index (χ1v) is 6.38. The van der Waals surface area contributed by atoms with Crippen LogP contribution in [-0.4, -0.2) is 11.2 Å². The van der Waals surface area contributed by atoms with Crippen LogP contribution in [0.3, 0.4) is 0 Å². The number of rotatable bonds is 0. The van der Waals surface area contributed by atoms with Crippen molar-refractivity contribution >= 4 is 23.4 Å². The molecule has 1 atom stereocenters. The smallest absolute Gasteiger partial charge is 0.237 e. The molecule has 2 nitrogen and oxygen atoms in total. The second kappa shape index (κ2) is 3.81. The summed E-state index contributed by atoms with van der Waals surface area (Å²) in [6, 6.07) is 6.23. The van der Waals surface area contributed by atoms with Gasteiger partial charge in [-0.05, 0) is 24.0 Å². The summed E-state index contributed by atoms with van der Waals surface area (Å²) in [7, 11) is 0. The Bertz CT molecular complexity index is 434. The second-order valence-electron chi connectivity index (χ2n) is 5.18. The zero-order valence-electron chi connectivity index (χ0n) is 10.1. The van der Waals surface area contributed by atoms with Gasteiger partial charge < -0.3 is 5.32 Å². The third kappa shape index (κ3) is 1.96. The maximum absolute atomic E-state index is 11.7. The fraction of sp³-hybridized carbons (Fsp3) is 0.462. The molecule has 0 spiro atoms. The Hall–Kier alpha value is -0.960. The van der Waals surface area contributed by atoms with E-state index in [2.05, 4.69) is 44.3 Å². The molecular formula is C13H17NOS. The van der Waals surface area contributed by atoms with Gasteiger partial charge in [-0.1, -0.05) is 32.9 Å². The van der Waals surface area contributed by atoms with Crippen LogP contribution in [0.25, 0.3) is 0 Å². The molecule has 0 fully saturated rings. The molecule has 1 unspecified atom stereocenters. The van der Waals surface area contributed by atoms with Gasteiger partial charge in [-0.2, -0.15) is 0 Å². The van der Waals surface area contributed by atoms with Crippen LogP contribution in [-0.2, 0) is 10.2 Å². The molecule has 1 aromatic rings. The topological polar surface area (TPSA) is 29.1 Å². The number of nitrogens with one attached hydrogen (secondary N) is 1. The standard InChI is InChI=1S/C13H17NOS/c1-8-12(15)14-11-9(13(2,3)4)6-5-7-10(11)16-8/h5-8H,1-4H3,(H,14,15). The number of para-hydroxylation sites is 1. The fourth-order valence-electron chi connectivity index (χ4n) is 1.85. The van der Waals surface area contributed by atoms with Gasteiger partial charge in [-0.15, -0.1) is 11.8 Å². The van der Waals surface area contributed by atoms with Crippen LogP contribution >= 0.6 is 11.8 Å². The van der Waals surface area contributed by atoms with E-state index in [0.29, 0.717) is 0 Å². The second-order valence-corrected chi connectivity index (χ2v) is 6.56. The summed E-state index contributed by atoms with van der Waals surface area (Å²) in [5, 5.41) is 3.03. The lowest BCUT2D eigenvalue weighted by Crippen LogP contribution is -2.29. The Kier molecular flexibility index (Phi) is 2.74. The molecule has 0 radical (unpaired) electrons. The summed E-state index contributed by atoms with van der Waals surface area (Å²) >= 11 is 1.64. The Morgan fingerprint density at radius 2 is 2.00 bits per heavy atom. The number of carbonyl (C=O) groups excluding carboxylic acids is 1. The average molecular weight is 235 g/mol. The van der Waals surface area contributed by atoms with Crippen LogP contribution in [0, 0.1) is 0 Å². The van der Waals surface area contributed by atoms with Gasteiger partial charge in [-0.25, -0.2) is 0 Å². The number of thioether (sulfide) groups is 1. The molecule has 1 aromatic carbocycles. The number of hydrogen-bond donors (Lipinski definition) is 1. The van der Waals surface area contributed by atoms with Crippen LogP contribution in [0.5, 0.6) is 0 Å². The minimum absolute atomic E-state index is 0.00252. The van der Waals surface area contributed by atoms with Crippen molar-refractivity contribution in [2.45, 2.75) is 43.3 Å². The Labute approximate surface area is 101 Å². The maximum Gasteiger partial charge on any atom is 0.237 e. The van der Waals surface area contributed by atoms with Crippen molar-refractivity contribution in [1.82, 2.24) is 0 Å². The normalized spacial score (nSPS) is 20.2. The van der Waals surface area contributed by atoms with Gasteiger partial charge in [0.05, 0.1) is 10.9 Å². The van der Waals surface area contributed by atoms with Crippen LogP contribution in [0.15, 0.2) is 23.1 Å². The van der Waals surface area contributed by atoms with Crippen molar-refractivity contribution in [1.29, 1.82) is 0 Å². The summed E-state index contributed by atoms with van der Waals surface area (Å²) in [5.74, 6) is 0.106. The molecule has 1 aliphatic rings. The molecule has 0 saturated carbocycles. The molecule has 1 heterocycles. The van der Waals surface area contributed by atoms with Crippen molar-refractivity contribution in [3.63, 3.8) is 0 Å². The lowest BCUT2D eigenvalue weighted by molar-refractivity contribution is -0.115. The first-order valence-electron chi connectivity index (χ1n) is 5.50. The fourth-order valence-corrected chi connectivity index (χ4v) is 2.83. The average Bonchev–Trinajstić information content (AvgIpc) is 2.17. The highest BCUT2D eigenvalue weighted by Crippen LogP contribution is 2.41. The van der Waals surface area contributed by atoms with Gasteiger partial charge in [0, 0.05) is 4.90 Å². The number of carbonyl (C=O) groups is 1. The lowest BCUT2D eigenvalue weighted by Gasteiger charge is -2.29. The van der Waals surface area contributed by atoms with E-state index in [-0.39, 0.29) is 16.6 Å². The van der Waals surface area contributed by atoms with Crippen LogP contribution < -0.4 is 5.32 Å². The number of hydrogen-bond acceptors (Lipinski definition) is 2. The number of fused-ring (bicyclic) bond motifs is 1. The summed E-state index contributed by atoms with van der Waals surface area (Å²) in [4.78, 5) is 12.9. The molecule has 2 rings (SSSR count). The maximum atomic E-state index is 11.7. The van der Waals surface area contributed by atoms with E-state index in [1.807, 2.05) is 6.92 Å². The Morgan fingerprint density at radius 1 is 1.31 bits per heavy atom. The molecule has 3 heteroatoms. The molecule has 1 aliphatic heterocycles. The number of benzene rings is 1. The van der Waals surface area contributed by atoms with Crippen LogP contribution in [0.4, 0.5) is 5.69 Å². The van der Waals surface area contributed by atoms with Crippen LogP contribution in [0.1, 0.15) is 33.3 Å². The summed E-state index contributed by atoms with van der Waals surface area (Å²) in [6.07, 6.45) is 0. The van der Waals surface area contributed by atoms with E-state index in [1.165, 1.54) is 10.5 Å². The van der Waals surface area contributed by atoms with Crippen molar-refractivity contribution in [3.8, 4) is 0 Å². The predicted molar refractivity (Wildman–Crippen MR) is 69.1 cm³/mol. The van der Waals surface area contributed by atoms with Gasteiger partial charge in [0.25, 0.3) is 0 Å². The van der Waals surface area contributed by atoms with Crippen molar-refractivity contribution in [2.75, 3.05) is 5.32 Å². The summed E-state index contributed by atoms with van der Waals surface area (Å²) in [6.45, 7) is 8.43. The first-order chi connectivity index (χ1) is 7.39. The predicted octanol–water partition coefficient (Wildman–Crippen LogP) is 3.42. The van der Waals surface area contributed by atoms with Gasteiger partial charge in [0.2, 0.25) is 5.91 Å². The van der Waals surface area contributed by atoms with E-state index >= 15 is 0 Å². The van der Waals surface area contributed by atoms with Gasteiger partial charge in [0.1, 0.15) is 0 Å². The Balaban J connectivity index is 2.53. The molecule has 1 N–H and O–H groups in total. The minimum Gasteiger partial charge on any atom is -0.324 e. The van der Waals surface area contributed by atoms with E-state index in [0.717, 1.165) is 5.69 Å². The lowest BCUT2D eigenvalue weighted by atomic mass is 9.85. The third-order valence-corrected chi connectivity index (χ3v) is 3.92. The molecule has 1 amide bonds. The van der Waals surface area contributed by atoms with E-state index < -0.39 is 0 Å². The van der Waals surface area contributed by atoms with Gasteiger partial charge in [0.15, 0.2) is 0 Å². The molecule has 16 heavy (non-hydrogen) atoms. The monoisotopic (exact) mass is 235 g/mol. The largest absolute Gasteiger partial charge is 0.324 e. The van der Waals surface area contributed by atoms with E-state index in [4.69, 9.17) is 0 Å². The molecule has 0 aromatic heterocycles. The molecule has 0 bridgehead atoms. The SMILES string of the molecule is CC1Sc2cccc(C(C)(C)C)c2NC1=O. The molecule has 86 valence electrons. The van der Waals surface area contributed by atoms with E-state index in [9.17, 15) is 4.79 Å². The minimum atomic E-state index is 0.00252. The van der Waals surface area contributed by atoms with Crippen molar-refractivity contribution < 1.29 is 4.79 Å². The highest BCUT2D eigenvalue weighted by molar-refractivity contribution is 8.00.